The molecule has 1 nitrogen and oxygen atoms in total. The molecule has 0 aliphatic rings. The van der Waals surface area contributed by atoms with E-state index in [0.717, 1.165) is 15.4 Å². The van der Waals surface area contributed by atoms with Crippen molar-refractivity contribution in [2.24, 2.45) is 0 Å². The van der Waals surface area contributed by atoms with Crippen molar-refractivity contribution < 1.29 is 4.79 Å². The highest BCUT2D eigenvalue weighted by Crippen LogP contribution is 2.34. The van der Waals surface area contributed by atoms with E-state index in [1.54, 1.807) is 11.8 Å². The molecule has 2 rings (SSSR count). The Labute approximate surface area is 104 Å². The first-order valence-electron chi connectivity index (χ1n) is 4.99. The van der Waals surface area contributed by atoms with Crippen LogP contribution in [0.5, 0.6) is 0 Å². The van der Waals surface area contributed by atoms with Crippen molar-refractivity contribution >= 4 is 29.4 Å². The average Bonchev–Trinajstić information content (AvgIpc) is 2.70. The van der Waals surface area contributed by atoms with Gasteiger partial charge in [-0.15, -0.1) is 11.3 Å². The Bertz CT molecular complexity index is 514. The lowest BCUT2D eigenvalue weighted by atomic mass is 10.2. The molecule has 0 unspecified atom stereocenters. The smallest absolute Gasteiger partial charge is 0.160 e. The van der Waals surface area contributed by atoms with Gasteiger partial charge in [-0.25, -0.2) is 0 Å². The minimum atomic E-state index is 0.785. The molecular weight excluding hydrogens is 236 g/mol. The number of aldehydes is 1. The number of hydrogen-bond acceptors (Lipinski definition) is 3. The summed E-state index contributed by atoms with van der Waals surface area (Å²) in [6.45, 7) is 4.21. The summed E-state index contributed by atoms with van der Waals surface area (Å²) in [7, 11) is 0. The highest BCUT2D eigenvalue weighted by atomic mass is 32.2. The molecule has 3 heteroatoms. The predicted molar refractivity (Wildman–Crippen MR) is 69.7 cm³/mol. The van der Waals surface area contributed by atoms with Crippen molar-refractivity contribution in [2.75, 3.05) is 0 Å². The summed E-state index contributed by atoms with van der Waals surface area (Å²) >= 11 is 3.25. The summed E-state index contributed by atoms with van der Waals surface area (Å²) in [5.74, 6) is 0. The molecule has 1 aromatic carbocycles. The maximum absolute atomic E-state index is 10.6. The van der Waals surface area contributed by atoms with Gasteiger partial charge in [-0.2, -0.15) is 0 Å². The van der Waals surface area contributed by atoms with E-state index in [-0.39, 0.29) is 0 Å². The molecule has 0 radical (unpaired) electrons. The molecule has 1 aromatic heterocycles. The molecule has 0 spiro atoms. The van der Waals surface area contributed by atoms with Crippen LogP contribution >= 0.6 is 23.1 Å². The van der Waals surface area contributed by atoms with Crippen molar-refractivity contribution in [2.45, 2.75) is 23.0 Å². The Hall–Kier alpha value is -1.06. The first kappa shape index (κ1) is 11.4. The molecule has 0 N–H and O–H groups in total. The summed E-state index contributed by atoms with van der Waals surface area (Å²) < 4.78 is 1.16. The van der Waals surface area contributed by atoms with Gasteiger partial charge in [-0.1, -0.05) is 29.5 Å². The molecule has 0 aliphatic carbocycles. The molecule has 82 valence electrons. The normalized spacial score (nSPS) is 10.4. The van der Waals surface area contributed by atoms with E-state index in [2.05, 4.69) is 32.0 Å². The number of hydrogen-bond donors (Lipinski definition) is 0. The molecule has 0 aliphatic heterocycles. The van der Waals surface area contributed by atoms with Gasteiger partial charge in [0.1, 0.15) is 0 Å². The number of benzene rings is 1. The molecule has 0 amide bonds. The van der Waals surface area contributed by atoms with Gasteiger partial charge < -0.3 is 0 Å². The highest BCUT2D eigenvalue weighted by Gasteiger charge is 2.04. The van der Waals surface area contributed by atoms with E-state index in [1.165, 1.54) is 27.4 Å². The Morgan fingerprint density at radius 2 is 2.00 bits per heavy atom. The van der Waals surface area contributed by atoms with E-state index in [4.69, 9.17) is 0 Å². The van der Waals surface area contributed by atoms with Crippen LogP contribution in [-0.2, 0) is 0 Å². The van der Waals surface area contributed by atoms with E-state index < -0.39 is 0 Å². The zero-order valence-electron chi connectivity index (χ0n) is 9.19. The van der Waals surface area contributed by atoms with Crippen LogP contribution in [0.1, 0.15) is 20.8 Å². The predicted octanol–water partition coefficient (Wildman–Crippen LogP) is 4.33. The molecule has 0 saturated carbocycles. The van der Waals surface area contributed by atoms with Crippen molar-refractivity contribution in [3.63, 3.8) is 0 Å². The van der Waals surface area contributed by atoms with E-state index in [9.17, 15) is 4.79 Å². The minimum Gasteiger partial charge on any atom is -0.297 e. The van der Waals surface area contributed by atoms with Crippen molar-refractivity contribution in [1.29, 1.82) is 0 Å². The zero-order valence-corrected chi connectivity index (χ0v) is 10.8. The van der Waals surface area contributed by atoms with Gasteiger partial charge in [0, 0.05) is 4.90 Å². The topological polar surface area (TPSA) is 17.1 Å². The number of carbonyl (C=O) groups is 1. The van der Waals surface area contributed by atoms with Gasteiger partial charge >= 0.3 is 0 Å². The van der Waals surface area contributed by atoms with Gasteiger partial charge in [0.05, 0.1) is 9.09 Å². The van der Waals surface area contributed by atoms with Crippen molar-refractivity contribution in [3.05, 3.63) is 46.3 Å². The maximum atomic E-state index is 10.6. The molecule has 0 saturated heterocycles. The van der Waals surface area contributed by atoms with E-state index in [1.807, 2.05) is 12.1 Å². The second-order valence-electron chi connectivity index (χ2n) is 3.65. The lowest BCUT2D eigenvalue weighted by molar-refractivity contribution is 0.112. The van der Waals surface area contributed by atoms with Gasteiger partial charge in [-0.05, 0) is 37.6 Å². The monoisotopic (exact) mass is 248 g/mol. The number of carbonyl (C=O) groups excluding carboxylic acids is 1. The highest BCUT2D eigenvalue weighted by molar-refractivity contribution is 8.01. The fourth-order valence-corrected chi connectivity index (χ4v) is 3.46. The fourth-order valence-electron chi connectivity index (χ4n) is 1.47. The van der Waals surface area contributed by atoms with Crippen LogP contribution < -0.4 is 0 Å². The Morgan fingerprint density at radius 3 is 2.62 bits per heavy atom. The summed E-state index contributed by atoms with van der Waals surface area (Å²) in [6.07, 6.45) is 0.900. The van der Waals surface area contributed by atoms with Crippen LogP contribution in [0.25, 0.3) is 0 Å². The Balaban J connectivity index is 2.23. The summed E-state index contributed by atoms with van der Waals surface area (Å²) in [4.78, 5) is 12.6. The summed E-state index contributed by atoms with van der Waals surface area (Å²) in [5, 5.41) is 0. The van der Waals surface area contributed by atoms with Crippen LogP contribution in [0.3, 0.4) is 0 Å². The van der Waals surface area contributed by atoms with Crippen LogP contribution in [0.4, 0.5) is 0 Å². The van der Waals surface area contributed by atoms with Crippen LogP contribution in [0.15, 0.2) is 39.4 Å². The van der Waals surface area contributed by atoms with Crippen molar-refractivity contribution in [1.82, 2.24) is 0 Å². The van der Waals surface area contributed by atoms with Crippen LogP contribution in [0, 0.1) is 13.8 Å². The molecular formula is C13H12OS2. The minimum absolute atomic E-state index is 0.785. The lowest BCUT2D eigenvalue weighted by Crippen LogP contribution is -1.80. The second-order valence-corrected chi connectivity index (χ2v) is 6.10. The molecule has 0 atom stereocenters. The van der Waals surface area contributed by atoms with Crippen LogP contribution in [0.2, 0.25) is 0 Å². The average molecular weight is 248 g/mol. The lowest BCUT2D eigenvalue weighted by Gasteiger charge is -2.04. The Kier molecular flexibility index (Phi) is 3.46. The quantitative estimate of drug-likeness (QED) is 0.752. The van der Waals surface area contributed by atoms with E-state index in [0.29, 0.717) is 0 Å². The SMILES string of the molecule is Cc1ccc(Sc2ccc(C=O)s2)c(C)c1. The summed E-state index contributed by atoms with van der Waals surface area (Å²) in [6, 6.07) is 10.3. The maximum Gasteiger partial charge on any atom is 0.160 e. The number of aryl methyl sites for hydroxylation is 2. The molecule has 16 heavy (non-hydrogen) atoms. The third kappa shape index (κ3) is 2.54. The standard InChI is InChI=1S/C13H12OS2/c1-9-3-5-12(10(2)7-9)16-13-6-4-11(8-14)15-13/h3-8H,1-2H3. The zero-order chi connectivity index (χ0) is 11.5. The first-order chi connectivity index (χ1) is 7.69. The Morgan fingerprint density at radius 1 is 1.19 bits per heavy atom. The van der Waals surface area contributed by atoms with Gasteiger partial charge in [0.2, 0.25) is 0 Å². The molecule has 1 heterocycles. The van der Waals surface area contributed by atoms with Gasteiger partial charge in [-0.3, -0.25) is 4.79 Å². The second kappa shape index (κ2) is 4.85. The van der Waals surface area contributed by atoms with Crippen molar-refractivity contribution in [3.8, 4) is 0 Å². The third-order valence-corrected chi connectivity index (χ3v) is 4.58. The third-order valence-electron chi connectivity index (χ3n) is 2.26. The molecule has 0 fully saturated rings. The first-order valence-corrected chi connectivity index (χ1v) is 6.62. The van der Waals surface area contributed by atoms with Gasteiger partial charge in [0.25, 0.3) is 0 Å². The van der Waals surface area contributed by atoms with E-state index >= 15 is 0 Å². The summed E-state index contributed by atoms with van der Waals surface area (Å²) in [5.41, 5.74) is 2.56. The van der Waals surface area contributed by atoms with Gasteiger partial charge in [0.15, 0.2) is 6.29 Å². The largest absolute Gasteiger partial charge is 0.297 e. The number of thiophene rings is 1. The molecule has 2 aromatic rings. The fraction of sp³-hybridized carbons (Fsp3) is 0.154. The van der Waals surface area contributed by atoms with Crippen LogP contribution in [-0.4, -0.2) is 6.29 Å². The number of rotatable bonds is 3. The molecule has 0 bridgehead atoms.